The Morgan fingerprint density at radius 3 is 2.70 bits per heavy atom. The molecule has 0 aliphatic rings. The van der Waals surface area contributed by atoms with Crippen LogP contribution in [0, 0.1) is 0 Å². The van der Waals surface area contributed by atoms with Crippen LogP contribution in [0.15, 0.2) is 18.2 Å². The first-order valence-electron chi connectivity index (χ1n) is 2.92. The number of benzene rings is 1. The van der Waals surface area contributed by atoms with Crippen molar-refractivity contribution >= 4 is 18.3 Å². The summed E-state index contributed by atoms with van der Waals surface area (Å²) >= 11 is 4.01. The van der Waals surface area contributed by atoms with Gasteiger partial charge in [0.25, 0.3) is 0 Å². The molecule has 0 bridgehead atoms. The van der Waals surface area contributed by atoms with E-state index < -0.39 is 0 Å². The Bertz CT molecular complexity index is 237. The summed E-state index contributed by atoms with van der Waals surface area (Å²) in [6, 6.07) is 5.02. The van der Waals surface area contributed by atoms with Crippen LogP contribution in [0.1, 0.15) is 5.56 Å². The molecule has 54 valence electrons. The second kappa shape index (κ2) is 2.84. The molecule has 0 aromatic heterocycles. The Labute approximate surface area is 65.1 Å². The molecule has 0 radical (unpaired) electrons. The van der Waals surface area contributed by atoms with Gasteiger partial charge in [0.15, 0.2) is 0 Å². The van der Waals surface area contributed by atoms with Gasteiger partial charge in [-0.15, -0.1) is 0 Å². The van der Waals surface area contributed by atoms with Gasteiger partial charge in [0.2, 0.25) is 0 Å². The van der Waals surface area contributed by atoms with Gasteiger partial charge in [-0.25, -0.2) is 0 Å². The number of thiol groups is 1. The number of phenolic OH excluding ortho intramolecular Hbond substituents is 1. The van der Waals surface area contributed by atoms with Crippen LogP contribution in [0.25, 0.3) is 0 Å². The predicted octanol–water partition coefficient (Wildman–Crippen LogP) is 1.40. The van der Waals surface area contributed by atoms with Crippen LogP contribution in [-0.4, -0.2) is 5.11 Å². The number of phenols is 1. The normalized spacial score (nSPS) is 9.70. The molecule has 3 heteroatoms. The third-order valence-electron chi connectivity index (χ3n) is 1.28. The molecule has 3 N–H and O–H groups in total. The van der Waals surface area contributed by atoms with Gasteiger partial charge in [-0.2, -0.15) is 12.6 Å². The highest BCUT2D eigenvalue weighted by atomic mass is 32.1. The highest BCUT2D eigenvalue weighted by Gasteiger charge is 1.96. The average Bonchev–Trinajstić information content (AvgIpc) is 1.88. The lowest BCUT2D eigenvalue weighted by atomic mass is 10.2. The molecule has 0 aliphatic carbocycles. The molecule has 1 aromatic carbocycles. The Morgan fingerprint density at radius 2 is 2.20 bits per heavy atom. The fraction of sp³-hybridized carbons (Fsp3) is 0.143. The van der Waals surface area contributed by atoms with Crippen molar-refractivity contribution in [1.82, 2.24) is 0 Å². The van der Waals surface area contributed by atoms with E-state index in [0.717, 1.165) is 5.56 Å². The van der Waals surface area contributed by atoms with E-state index in [-0.39, 0.29) is 5.75 Å². The zero-order valence-corrected chi connectivity index (χ0v) is 6.31. The van der Waals surface area contributed by atoms with Crippen molar-refractivity contribution in [3.8, 4) is 5.75 Å². The molecular formula is C7H9NOS. The van der Waals surface area contributed by atoms with E-state index in [1.165, 1.54) is 6.07 Å². The van der Waals surface area contributed by atoms with Crippen molar-refractivity contribution in [2.24, 2.45) is 0 Å². The summed E-state index contributed by atoms with van der Waals surface area (Å²) in [7, 11) is 0. The number of hydrogen-bond donors (Lipinski definition) is 3. The topological polar surface area (TPSA) is 46.2 Å². The Morgan fingerprint density at radius 1 is 1.50 bits per heavy atom. The molecule has 0 unspecified atom stereocenters. The lowest BCUT2D eigenvalue weighted by Crippen LogP contribution is -1.85. The maximum Gasteiger partial charge on any atom is 0.121 e. The van der Waals surface area contributed by atoms with Crippen molar-refractivity contribution in [3.05, 3.63) is 23.8 Å². The number of nitrogens with two attached hydrogens (primary N) is 1. The molecule has 0 heterocycles. The van der Waals surface area contributed by atoms with E-state index in [1.54, 1.807) is 12.1 Å². The summed E-state index contributed by atoms with van der Waals surface area (Å²) in [5.41, 5.74) is 6.77. The molecule has 0 amide bonds. The Hall–Kier alpha value is -0.830. The van der Waals surface area contributed by atoms with Crippen LogP contribution in [0.5, 0.6) is 5.75 Å². The van der Waals surface area contributed by atoms with Crippen molar-refractivity contribution in [2.45, 2.75) is 5.75 Å². The molecule has 2 nitrogen and oxygen atoms in total. The van der Waals surface area contributed by atoms with Crippen LogP contribution in [0.2, 0.25) is 0 Å². The first kappa shape index (κ1) is 7.28. The highest BCUT2D eigenvalue weighted by molar-refractivity contribution is 7.79. The molecule has 0 spiro atoms. The summed E-state index contributed by atoms with van der Waals surface area (Å²) in [6.45, 7) is 0. The molecule has 0 saturated carbocycles. The van der Waals surface area contributed by atoms with Crippen LogP contribution in [0.3, 0.4) is 0 Å². The summed E-state index contributed by atoms with van der Waals surface area (Å²) in [4.78, 5) is 0. The molecule has 1 rings (SSSR count). The maximum atomic E-state index is 9.16. The molecule has 0 saturated heterocycles. The van der Waals surface area contributed by atoms with Gasteiger partial charge in [0, 0.05) is 23.1 Å². The van der Waals surface area contributed by atoms with Gasteiger partial charge < -0.3 is 10.8 Å². The van der Waals surface area contributed by atoms with Crippen LogP contribution in [0.4, 0.5) is 5.69 Å². The first-order chi connectivity index (χ1) is 4.74. The van der Waals surface area contributed by atoms with Crippen molar-refractivity contribution in [1.29, 1.82) is 0 Å². The van der Waals surface area contributed by atoms with Crippen LogP contribution < -0.4 is 5.73 Å². The van der Waals surface area contributed by atoms with E-state index in [9.17, 15) is 0 Å². The molecule has 1 aromatic rings. The number of nitrogen functional groups attached to an aromatic ring is 1. The monoisotopic (exact) mass is 155 g/mol. The maximum absolute atomic E-state index is 9.16. The van der Waals surface area contributed by atoms with Crippen molar-refractivity contribution in [3.63, 3.8) is 0 Å². The number of hydrogen-bond acceptors (Lipinski definition) is 3. The van der Waals surface area contributed by atoms with E-state index in [2.05, 4.69) is 12.6 Å². The second-order valence-corrected chi connectivity index (χ2v) is 2.36. The third-order valence-corrected chi connectivity index (χ3v) is 1.62. The van der Waals surface area contributed by atoms with Crippen molar-refractivity contribution < 1.29 is 5.11 Å². The Kier molecular flexibility index (Phi) is 2.06. The average molecular weight is 155 g/mol. The van der Waals surface area contributed by atoms with E-state index in [4.69, 9.17) is 10.8 Å². The van der Waals surface area contributed by atoms with E-state index in [0.29, 0.717) is 11.4 Å². The fourth-order valence-corrected chi connectivity index (χ4v) is 0.982. The quantitative estimate of drug-likeness (QED) is 0.424. The zero-order valence-electron chi connectivity index (χ0n) is 5.41. The number of anilines is 1. The van der Waals surface area contributed by atoms with Gasteiger partial charge >= 0.3 is 0 Å². The minimum Gasteiger partial charge on any atom is -0.508 e. The minimum atomic E-state index is 0.218. The smallest absolute Gasteiger partial charge is 0.121 e. The molecule has 0 fully saturated rings. The summed E-state index contributed by atoms with van der Waals surface area (Å²) < 4.78 is 0. The number of aromatic hydroxyl groups is 1. The molecule has 0 aliphatic heterocycles. The minimum absolute atomic E-state index is 0.218. The molecule has 0 atom stereocenters. The van der Waals surface area contributed by atoms with Gasteiger partial charge in [-0.05, 0) is 6.07 Å². The van der Waals surface area contributed by atoms with Gasteiger partial charge in [0.05, 0.1) is 0 Å². The number of rotatable bonds is 1. The summed E-state index contributed by atoms with van der Waals surface area (Å²) in [5, 5.41) is 9.16. The largest absolute Gasteiger partial charge is 0.508 e. The van der Waals surface area contributed by atoms with E-state index in [1.807, 2.05) is 0 Å². The second-order valence-electron chi connectivity index (χ2n) is 2.05. The lowest BCUT2D eigenvalue weighted by Gasteiger charge is -2.00. The van der Waals surface area contributed by atoms with Crippen LogP contribution >= 0.6 is 12.6 Å². The third kappa shape index (κ3) is 1.36. The fourth-order valence-electron chi connectivity index (χ4n) is 0.715. The Balaban J connectivity index is 3.07. The molecular weight excluding hydrogens is 146 g/mol. The predicted molar refractivity (Wildman–Crippen MR) is 45.2 cm³/mol. The van der Waals surface area contributed by atoms with Gasteiger partial charge in [0.1, 0.15) is 5.75 Å². The first-order valence-corrected chi connectivity index (χ1v) is 3.55. The van der Waals surface area contributed by atoms with Gasteiger partial charge in [-0.1, -0.05) is 6.07 Å². The standard InChI is InChI=1S/C7H9NOS/c8-6-2-1-5(4-10)7(9)3-6/h1-3,9-10H,4,8H2. The van der Waals surface area contributed by atoms with Crippen molar-refractivity contribution in [2.75, 3.05) is 5.73 Å². The summed E-state index contributed by atoms with van der Waals surface area (Å²) in [5.74, 6) is 0.751. The summed E-state index contributed by atoms with van der Waals surface area (Å²) in [6.07, 6.45) is 0. The lowest BCUT2D eigenvalue weighted by molar-refractivity contribution is 0.471. The zero-order chi connectivity index (χ0) is 7.56. The van der Waals surface area contributed by atoms with Gasteiger partial charge in [-0.3, -0.25) is 0 Å². The SMILES string of the molecule is Nc1ccc(CS)c(O)c1. The van der Waals surface area contributed by atoms with Crippen LogP contribution in [-0.2, 0) is 5.75 Å². The molecule has 10 heavy (non-hydrogen) atoms. The highest BCUT2D eigenvalue weighted by Crippen LogP contribution is 2.20. The van der Waals surface area contributed by atoms with E-state index >= 15 is 0 Å².